The topological polar surface area (TPSA) is 0 Å². The fraction of sp³-hybridized carbons (Fsp3) is 0.286. The average molecular weight is 298 g/mol. The van der Waals surface area contributed by atoms with Crippen molar-refractivity contribution < 1.29 is 0 Å². The molecule has 0 radical (unpaired) electrons. The second kappa shape index (κ2) is 5.20. The van der Waals surface area contributed by atoms with Crippen LogP contribution >= 0.6 is 27.5 Å². The summed E-state index contributed by atoms with van der Waals surface area (Å²) in [4.78, 5) is 0. The number of alkyl halides is 1. The van der Waals surface area contributed by atoms with Crippen LogP contribution in [0.1, 0.15) is 30.7 Å². The van der Waals surface area contributed by atoms with Crippen molar-refractivity contribution in [3.05, 3.63) is 46.4 Å². The molecule has 0 spiro atoms. The van der Waals surface area contributed by atoms with Crippen LogP contribution in [0.5, 0.6) is 0 Å². The van der Waals surface area contributed by atoms with Gasteiger partial charge in [-0.15, -0.1) is 11.6 Å². The predicted molar refractivity (Wildman–Crippen MR) is 75.2 cm³/mol. The van der Waals surface area contributed by atoms with Crippen LogP contribution < -0.4 is 0 Å². The van der Waals surface area contributed by atoms with Crippen molar-refractivity contribution in [2.45, 2.75) is 25.1 Å². The summed E-state index contributed by atoms with van der Waals surface area (Å²) >= 11 is 10.1. The number of fused-ring (bicyclic) bond motifs is 1. The lowest BCUT2D eigenvalue weighted by molar-refractivity contribution is 0.769. The minimum absolute atomic E-state index is 0.101. The minimum Gasteiger partial charge on any atom is -0.118 e. The van der Waals surface area contributed by atoms with Crippen LogP contribution in [-0.4, -0.2) is 0 Å². The van der Waals surface area contributed by atoms with Gasteiger partial charge < -0.3 is 0 Å². The first-order valence-electron chi connectivity index (χ1n) is 5.55. The van der Waals surface area contributed by atoms with E-state index in [9.17, 15) is 0 Å². The molecule has 0 heterocycles. The SMILES string of the molecule is CCCC(Cl)c1ccc2ccccc2c1Br. The third kappa shape index (κ3) is 2.26. The molecule has 2 aromatic rings. The van der Waals surface area contributed by atoms with Crippen molar-refractivity contribution in [1.29, 1.82) is 0 Å². The third-order valence-electron chi connectivity index (χ3n) is 2.77. The van der Waals surface area contributed by atoms with Gasteiger partial charge >= 0.3 is 0 Å². The molecule has 2 heteroatoms. The molecule has 1 atom stereocenters. The Balaban J connectivity index is 2.52. The van der Waals surface area contributed by atoms with Gasteiger partial charge in [0.2, 0.25) is 0 Å². The maximum atomic E-state index is 6.38. The monoisotopic (exact) mass is 296 g/mol. The van der Waals surface area contributed by atoms with Gasteiger partial charge in [0.15, 0.2) is 0 Å². The zero-order chi connectivity index (χ0) is 11.5. The van der Waals surface area contributed by atoms with Gasteiger partial charge in [0.05, 0.1) is 5.38 Å². The van der Waals surface area contributed by atoms with Crippen molar-refractivity contribution in [2.75, 3.05) is 0 Å². The fourth-order valence-electron chi connectivity index (χ4n) is 1.90. The van der Waals surface area contributed by atoms with Gasteiger partial charge in [-0.05, 0) is 38.7 Å². The first kappa shape index (κ1) is 11.9. The van der Waals surface area contributed by atoms with Crippen molar-refractivity contribution >= 4 is 38.3 Å². The Hall–Kier alpha value is -0.530. The summed E-state index contributed by atoms with van der Waals surface area (Å²) in [5.41, 5.74) is 1.20. The van der Waals surface area contributed by atoms with E-state index in [-0.39, 0.29) is 5.38 Å². The number of benzene rings is 2. The molecule has 0 fully saturated rings. The molecule has 0 bridgehead atoms. The average Bonchev–Trinajstić information content (AvgIpc) is 2.30. The molecule has 0 N–H and O–H groups in total. The standard InChI is InChI=1S/C14H14BrCl/c1-2-5-13(16)12-9-8-10-6-3-4-7-11(10)14(12)15/h3-4,6-9,13H,2,5H2,1H3. The maximum Gasteiger partial charge on any atom is 0.0596 e. The first-order chi connectivity index (χ1) is 7.74. The minimum atomic E-state index is 0.101. The second-order valence-corrected chi connectivity index (χ2v) is 5.27. The molecule has 16 heavy (non-hydrogen) atoms. The van der Waals surface area contributed by atoms with E-state index in [1.165, 1.54) is 16.3 Å². The number of hydrogen-bond acceptors (Lipinski definition) is 0. The van der Waals surface area contributed by atoms with E-state index in [1.807, 2.05) is 0 Å². The molecule has 0 aliphatic rings. The Morgan fingerprint density at radius 1 is 1.19 bits per heavy atom. The first-order valence-corrected chi connectivity index (χ1v) is 6.78. The summed E-state index contributed by atoms with van der Waals surface area (Å²) in [6.45, 7) is 2.16. The highest BCUT2D eigenvalue weighted by Gasteiger charge is 2.12. The molecular weight excluding hydrogens is 284 g/mol. The Morgan fingerprint density at radius 3 is 2.69 bits per heavy atom. The lowest BCUT2D eigenvalue weighted by Gasteiger charge is -2.12. The fourth-order valence-corrected chi connectivity index (χ4v) is 3.20. The number of hydrogen-bond donors (Lipinski definition) is 0. The zero-order valence-corrected chi connectivity index (χ0v) is 11.6. The summed E-state index contributed by atoms with van der Waals surface area (Å²) in [7, 11) is 0. The van der Waals surface area contributed by atoms with E-state index in [0.29, 0.717) is 0 Å². The molecular formula is C14H14BrCl. The highest BCUT2D eigenvalue weighted by molar-refractivity contribution is 9.10. The summed E-state index contributed by atoms with van der Waals surface area (Å²) in [5, 5.41) is 2.59. The van der Waals surface area contributed by atoms with Crippen LogP contribution in [0.2, 0.25) is 0 Å². The lowest BCUT2D eigenvalue weighted by atomic mass is 10.0. The summed E-state index contributed by atoms with van der Waals surface area (Å²) in [6.07, 6.45) is 2.12. The smallest absolute Gasteiger partial charge is 0.0596 e. The normalized spacial score (nSPS) is 12.9. The quantitative estimate of drug-likeness (QED) is 0.639. The van der Waals surface area contributed by atoms with Crippen LogP contribution in [0, 0.1) is 0 Å². The van der Waals surface area contributed by atoms with Gasteiger partial charge in [-0.3, -0.25) is 0 Å². The van der Waals surface area contributed by atoms with E-state index < -0.39 is 0 Å². The molecule has 0 saturated carbocycles. The van der Waals surface area contributed by atoms with Crippen LogP contribution in [0.3, 0.4) is 0 Å². The summed E-state index contributed by atoms with van der Waals surface area (Å²) in [5.74, 6) is 0. The molecule has 0 aliphatic heterocycles. The van der Waals surface area contributed by atoms with Gasteiger partial charge in [-0.25, -0.2) is 0 Å². The highest BCUT2D eigenvalue weighted by atomic mass is 79.9. The van der Waals surface area contributed by atoms with Crippen LogP contribution in [0.15, 0.2) is 40.9 Å². The van der Waals surface area contributed by atoms with Crippen LogP contribution in [0.25, 0.3) is 10.8 Å². The van der Waals surface area contributed by atoms with Crippen molar-refractivity contribution in [1.82, 2.24) is 0 Å². The zero-order valence-electron chi connectivity index (χ0n) is 9.21. The number of rotatable bonds is 3. The van der Waals surface area contributed by atoms with E-state index in [2.05, 4.69) is 59.3 Å². The molecule has 2 aromatic carbocycles. The summed E-state index contributed by atoms with van der Waals surface area (Å²) in [6, 6.07) is 12.6. The molecule has 0 nitrogen and oxygen atoms in total. The Morgan fingerprint density at radius 2 is 1.94 bits per heavy atom. The van der Waals surface area contributed by atoms with Gasteiger partial charge in [0.1, 0.15) is 0 Å². The second-order valence-electron chi connectivity index (χ2n) is 3.95. The van der Waals surface area contributed by atoms with Gasteiger partial charge in [0.25, 0.3) is 0 Å². The third-order valence-corrected chi connectivity index (χ3v) is 4.11. The Labute approximate surface area is 110 Å². The molecule has 0 amide bonds. The largest absolute Gasteiger partial charge is 0.118 e. The van der Waals surface area contributed by atoms with Crippen molar-refractivity contribution in [3.63, 3.8) is 0 Å². The molecule has 0 saturated heterocycles. The van der Waals surface area contributed by atoms with E-state index >= 15 is 0 Å². The Kier molecular flexibility index (Phi) is 3.88. The lowest BCUT2D eigenvalue weighted by Crippen LogP contribution is -1.92. The molecule has 84 valence electrons. The van der Waals surface area contributed by atoms with E-state index in [4.69, 9.17) is 11.6 Å². The molecule has 1 unspecified atom stereocenters. The molecule has 0 aliphatic carbocycles. The molecule has 0 aromatic heterocycles. The highest BCUT2D eigenvalue weighted by Crippen LogP contribution is 2.36. The maximum absolute atomic E-state index is 6.38. The summed E-state index contributed by atoms with van der Waals surface area (Å²) < 4.78 is 1.14. The van der Waals surface area contributed by atoms with Gasteiger partial charge in [-0.1, -0.05) is 49.7 Å². The Bertz CT molecular complexity index is 493. The van der Waals surface area contributed by atoms with E-state index in [0.717, 1.165) is 17.3 Å². The van der Waals surface area contributed by atoms with Crippen molar-refractivity contribution in [3.8, 4) is 0 Å². The van der Waals surface area contributed by atoms with E-state index in [1.54, 1.807) is 0 Å². The predicted octanol–water partition coefficient (Wildman–Crippen LogP) is 5.68. The van der Waals surface area contributed by atoms with Crippen LogP contribution in [0.4, 0.5) is 0 Å². The van der Waals surface area contributed by atoms with Gasteiger partial charge in [0, 0.05) is 4.47 Å². The van der Waals surface area contributed by atoms with Crippen molar-refractivity contribution in [2.24, 2.45) is 0 Å². The molecule has 2 rings (SSSR count). The number of halogens is 2. The van der Waals surface area contributed by atoms with Gasteiger partial charge in [-0.2, -0.15) is 0 Å². The van der Waals surface area contributed by atoms with Crippen LogP contribution in [-0.2, 0) is 0 Å².